The molecule has 1 aromatic heterocycles. The number of aromatic nitrogens is 2. The first-order valence-corrected chi connectivity index (χ1v) is 7.00. The first-order chi connectivity index (χ1) is 9.02. The molecule has 5 nitrogen and oxygen atoms in total. The van der Waals surface area contributed by atoms with Crippen molar-refractivity contribution in [3.8, 4) is 0 Å². The van der Waals surface area contributed by atoms with Crippen molar-refractivity contribution in [2.24, 2.45) is 7.05 Å². The van der Waals surface area contributed by atoms with Crippen LogP contribution in [0.25, 0.3) is 0 Å². The lowest BCUT2D eigenvalue weighted by atomic mass is 10.2. The Labute approximate surface area is 116 Å². The van der Waals surface area contributed by atoms with Gasteiger partial charge in [0.15, 0.2) is 0 Å². The number of thioether (sulfide) groups is 1. The maximum atomic E-state index is 12.2. The predicted octanol–water partition coefficient (Wildman–Crippen LogP) is 2.28. The zero-order valence-electron chi connectivity index (χ0n) is 11.1. The molecule has 0 saturated carbocycles. The van der Waals surface area contributed by atoms with Crippen LogP contribution in [-0.4, -0.2) is 21.9 Å². The molecule has 2 aromatic rings. The summed E-state index contributed by atoms with van der Waals surface area (Å²) in [5.41, 5.74) is 8.05. The number of carbonyl (C=O) groups is 1. The number of hydrogen-bond donors (Lipinski definition) is 2. The molecule has 100 valence electrons. The molecule has 3 N–H and O–H groups in total. The van der Waals surface area contributed by atoms with Crippen molar-refractivity contribution in [1.82, 2.24) is 9.78 Å². The summed E-state index contributed by atoms with van der Waals surface area (Å²) in [7, 11) is 1.70. The minimum atomic E-state index is -0.252. The minimum absolute atomic E-state index is 0.252. The summed E-state index contributed by atoms with van der Waals surface area (Å²) in [6.45, 7) is 1.78. The van der Waals surface area contributed by atoms with Gasteiger partial charge in [0.1, 0.15) is 5.69 Å². The third-order valence-corrected chi connectivity index (χ3v) is 3.58. The summed E-state index contributed by atoms with van der Waals surface area (Å²) in [6, 6.07) is 7.64. The van der Waals surface area contributed by atoms with Gasteiger partial charge < -0.3 is 11.1 Å². The Morgan fingerprint density at radius 2 is 2.00 bits per heavy atom. The van der Waals surface area contributed by atoms with E-state index in [9.17, 15) is 4.79 Å². The fraction of sp³-hybridized carbons (Fsp3) is 0.231. The zero-order valence-corrected chi connectivity index (χ0v) is 11.9. The number of nitrogens with one attached hydrogen (secondary N) is 1. The van der Waals surface area contributed by atoms with E-state index in [4.69, 9.17) is 5.73 Å². The average molecular weight is 276 g/mol. The normalized spacial score (nSPS) is 10.5. The minimum Gasteiger partial charge on any atom is -0.395 e. The SMILES string of the molecule is CSc1ccc(NC(=O)c2c(N)c(C)nn2C)cc1. The molecule has 0 unspecified atom stereocenters. The van der Waals surface area contributed by atoms with Gasteiger partial charge in [-0.3, -0.25) is 9.48 Å². The average Bonchev–Trinajstić information content (AvgIpc) is 2.64. The summed E-state index contributed by atoms with van der Waals surface area (Å²) in [5, 5.41) is 6.94. The number of nitrogens with zero attached hydrogens (tertiary/aromatic N) is 2. The van der Waals surface area contributed by atoms with Crippen molar-refractivity contribution in [2.45, 2.75) is 11.8 Å². The van der Waals surface area contributed by atoms with E-state index in [-0.39, 0.29) is 5.91 Å². The van der Waals surface area contributed by atoms with Crippen LogP contribution < -0.4 is 11.1 Å². The van der Waals surface area contributed by atoms with Gasteiger partial charge in [0, 0.05) is 17.6 Å². The number of hydrogen-bond acceptors (Lipinski definition) is 4. The zero-order chi connectivity index (χ0) is 14.0. The van der Waals surface area contributed by atoms with Crippen LogP contribution in [0.1, 0.15) is 16.2 Å². The number of anilines is 2. The maximum absolute atomic E-state index is 12.2. The third-order valence-electron chi connectivity index (χ3n) is 2.83. The Bertz CT molecular complexity index is 604. The molecule has 2 rings (SSSR count). The molecule has 19 heavy (non-hydrogen) atoms. The smallest absolute Gasteiger partial charge is 0.276 e. The Morgan fingerprint density at radius 1 is 1.37 bits per heavy atom. The van der Waals surface area contributed by atoms with E-state index in [1.165, 1.54) is 4.68 Å². The van der Waals surface area contributed by atoms with Gasteiger partial charge in [0.25, 0.3) is 5.91 Å². The summed E-state index contributed by atoms with van der Waals surface area (Å²) >= 11 is 1.65. The van der Waals surface area contributed by atoms with Gasteiger partial charge in [-0.25, -0.2) is 0 Å². The molecular formula is C13H16N4OS. The number of nitrogen functional groups attached to an aromatic ring is 1. The van der Waals surface area contributed by atoms with Crippen molar-refractivity contribution < 1.29 is 4.79 Å². The Hall–Kier alpha value is -1.95. The molecule has 0 radical (unpaired) electrons. The van der Waals surface area contributed by atoms with Gasteiger partial charge in [-0.05, 0) is 37.4 Å². The lowest BCUT2D eigenvalue weighted by Gasteiger charge is -2.07. The van der Waals surface area contributed by atoms with Crippen molar-refractivity contribution >= 4 is 29.0 Å². The number of carbonyl (C=O) groups excluding carboxylic acids is 1. The first kappa shape index (κ1) is 13.5. The van der Waals surface area contributed by atoms with Crippen molar-refractivity contribution in [3.63, 3.8) is 0 Å². The van der Waals surface area contributed by atoms with Crippen LogP contribution in [0.15, 0.2) is 29.2 Å². The third kappa shape index (κ3) is 2.73. The quantitative estimate of drug-likeness (QED) is 0.844. The highest BCUT2D eigenvalue weighted by molar-refractivity contribution is 7.98. The maximum Gasteiger partial charge on any atom is 0.276 e. The van der Waals surface area contributed by atoms with E-state index >= 15 is 0 Å². The molecule has 1 heterocycles. The standard InChI is InChI=1S/C13H16N4OS/c1-8-11(14)12(17(2)16-8)13(18)15-9-4-6-10(19-3)7-5-9/h4-7H,14H2,1-3H3,(H,15,18). The molecular weight excluding hydrogens is 260 g/mol. The highest BCUT2D eigenvalue weighted by Crippen LogP contribution is 2.20. The van der Waals surface area contributed by atoms with E-state index < -0.39 is 0 Å². The molecule has 6 heteroatoms. The molecule has 1 aromatic carbocycles. The highest BCUT2D eigenvalue weighted by atomic mass is 32.2. The molecule has 0 spiro atoms. The summed E-state index contributed by atoms with van der Waals surface area (Å²) in [5.74, 6) is -0.252. The van der Waals surface area contributed by atoms with Gasteiger partial charge in [0.05, 0.1) is 11.4 Å². The fourth-order valence-electron chi connectivity index (χ4n) is 1.81. The lowest BCUT2D eigenvalue weighted by Crippen LogP contribution is -2.17. The number of aryl methyl sites for hydroxylation is 2. The number of nitrogens with two attached hydrogens (primary N) is 1. The molecule has 0 saturated heterocycles. The Morgan fingerprint density at radius 3 is 2.47 bits per heavy atom. The van der Waals surface area contributed by atoms with Crippen LogP contribution in [-0.2, 0) is 7.05 Å². The second kappa shape index (κ2) is 5.36. The topological polar surface area (TPSA) is 72.9 Å². The van der Waals surface area contributed by atoms with E-state index in [2.05, 4.69) is 10.4 Å². The van der Waals surface area contributed by atoms with Crippen LogP contribution in [0.3, 0.4) is 0 Å². The van der Waals surface area contributed by atoms with E-state index in [0.29, 0.717) is 17.1 Å². The molecule has 0 aliphatic carbocycles. The second-order valence-corrected chi connectivity index (χ2v) is 5.03. The molecule has 0 bridgehead atoms. The Kier molecular flexibility index (Phi) is 3.80. The van der Waals surface area contributed by atoms with Crippen LogP contribution in [0.5, 0.6) is 0 Å². The van der Waals surface area contributed by atoms with E-state index in [1.807, 2.05) is 30.5 Å². The van der Waals surface area contributed by atoms with Gasteiger partial charge in [0.2, 0.25) is 0 Å². The predicted molar refractivity (Wildman–Crippen MR) is 78.5 cm³/mol. The van der Waals surface area contributed by atoms with E-state index in [1.54, 1.807) is 25.7 Å². The molecule has 0 aliphatic rings. The molecule has 0 fully saturated rings. The largest absolute Gasteiger partial charge is 0.395 e. The van der Waals surface area contributed by atoms with Gasteiger partial charge in [-0.2, -0.15) is 5.10 Å². The molecule has 0 atom stereocenters. The number of benzene rings is 1. The van der Waals surface area contributed by atoms with E-state index in [0.717, 1.165) is 10.6 Å². The van der Waals surface area contributed by atoms with Gasteiger partial charge in [-0.15, -0.1) is 11.8 Å². The fourth-order valence-corrected chi connectivity index (χ4v) is 2.22. The van der Waals surface area contributed by atoms with Crippen LogP contribution in [0.4, 0.5) is 11.4 Å². The number of amides is 1. The lowest BCUT2D eigenvalue weighted by molar-refractivity contribution is 0.101. The first-order valence-electron chi connectivity index (χ1n) is 5.77. The van der Waals surface area contributed by atoms with Gasteiger partial charge >= 0.3 is 0 Å². The van der Waals surface area contributed by atoms with Crippen LogP contribution in [0, 0.1) is 6.92 Å². The molecule has 0 aliphatic heterocycles. The highest BCUT2D eigenvalue weighted by Gasteiger charge is 2.17. The summed E-state index contributed by atoms with van der Waals surface area (Å²) in [4.78, 5) is 13.3. The summed E-state index contributed by atoms with van der Waals surface area (Å²) in [6.07, 6.45) is 2.01. The van der Waals surface area contributed by atoms with Crippen molar-refractivity contribution in [3.05, 3.63) is 35.7 Å². The molecule has 1 amide bonds. The van der Waals surface area contributed by atoms with Crippen LogP contribution >= 0.6 is 11.8 Å². The van der Waals surface area contributed by atoms with Gasteiger partial charge in [-0.1, -0.05) is 0 Å². The van der Waals surface area contributed by atoms with Crippen LogP contribution in [0.2, 0.25) is 0 Å². The summed E-state index contributed by atoms with van der Waals surface area (Å²) < 4.78 is 1.50. The number of rotatable bonds is 3. The van der Waals surface area contributed by atoms with Crippen molar-refractivity contribution in [2.75, 3.05) is 17.3 Å². The monoisotopic (exact) mass is 276 g/mol. The Balaban J connectivity index is 2.20. The van der Waals surface area contributed by atoms with Crippen molar-refractivity contribution in [1.29, 1.82) is 0 Å². The second-order valence-electron chi connectivity index (χ2n) is 4.15.